The molecule has 5 heteroatoms. The number of ether oxygens (including phenoxy) is 2. The van der Waals surface area contributed by atoms with Gasteiger partial charge in [0.25, 0.3) is 0 Å². The molecule has 1 aromatic carbocycles. The predicted molar refractivity (Wildman–Crippen MR) is 79.3 cm³/mol. The lowest BCUT2D eigenvalue weighted by Gasteiger charge is -2.14. The number of halogens is 1. The molecule has 0 atom stereocenters. The zero-order valence-corrected chi connectivity index (χ0v) is 12.7. The molecule has 0 saturated heterocycles. The fourth-order valence-electron chi connectivity index (χ4n) is 1.57. The topological polar surface area (TPSA) is 30.5 Å². The zero-order valence-electron chi connectivity index (χ0n) is 11.1. The van der Waals surface area contributed by atoms with Gasteiger partial charge in [0.2, 0.25) is 0 Å². The Morgan fingerprint density at radius 2 is 2.17 bits per heavy atom. The largest absolute Gasteiger partial charge is 0.493 e. The number of methoxy groups -OCH3 is 1. The third-order valence-electron chi connectivity index (χ3n) is 2.35. The van der Waals surface area contributed by atoms with Crippen LogP contribution in [0.25, 0.3) is 0 Å². The van der Waals surface area contributed by atoms with Crippen LogP contribution in [0.5, 0.6) is 11.5 Å². The number of rotatable bonds is 8. The summed E-state index contributed by atoms with van der Waals surface area (Å²) in [5.41, 5.74) is 1.08. The molecule has 0 radical (unpaired) electrons. The van der Waals surface area contributed by atoms with Crippen LogP contribution in [-0.2, 0) is 6.54 Å². The standard InChI is InChI=1S/C13H20ClNO2S/c1-4-18-6-5-17-13-11(14)7-10(9-15-2)8-12(13)16-3/h7-8,15H,4-6,9H2,1-3H3. The van der Waals surface area contributed by atoms with Crippen molar-refractivity contribution in [2.24, 2.45) is 0 Å². The first-order valence-electron chi connectivity index (χ1n) is 5.94. The Labute approximate surface area is 118 Å². The van der Waals surface area contributed by atoms with E-state index in [4.69, 9.17) is 21.1 Å². The molecule has 0 aliphatic carbocycles. The smallest absolute Gasteiger partial charge is 0.179 e. The first-order valence-corrected chi connectivity index (χ1v) is 7.47. The van der Waals surface area contributed by atoms with Crippen LogP contribution in [0, 0.1) is 0 Å². The number of benzene rings is 1. The summed E-state index contributed by atoms with van der Waals surface area (Å²) in [6, 6.07) is 3.85. The van der Waals surface area contributed by atoms with Crippen LogP contribution in [0.1, 0.15) is 12.5 Å². The van der Waals surface area contributed by atoms with Crippen molar-refractivity contribution in [3.63, 3.8) is 0 Å². The van der Waals surface area contributed by atoms with E-state index in [1.807, 2.05) is 30.9 Å². The van der Waals surface area contributed by atoms with Crippen molar-refractivity contribution in [2.45, 2.75) is 13.5 Å². The SMILES string of the molecule is CCSCCOc1c(Cl)cc(CNC)cc1OC. The summed E-state index contributed by atoms with van der Waals surface area (Å²) in [6.07, 6.45) is 0. The van der Waals surface area contributed by atoms with Gasteiger partial charge >= 0.3 is 0 Å². The van der Waals surface area contributed by atoms with Gasteiger partial charge in [0.1, 0.15) is 0 Å². The highest BCUT2D eigenvalue weighted by Gasteiger charge is 2.11. The van der Waals surface area contributed by atoms with Crippen molar-refractivity contribution in [2.75, 3.05) is 32.3 Å². The fourth-order valence-corrected chi connectivity index (χ4v) is 2.34. The summed E-state index contributed by atoms with van der Waals surface area (Å²) in [7, 11) is 3.52. The van der Waals surface area contributed by atoms with Crippen molar-refractivity contribution < 1.29 is 9.47 Å². The number of hydrogen-bond acceptors (Lipinski definition) is 4. The van der Waals surface area contributed by atoms with E-state index >= 15 is 0 Å². The van der Waals surface area contributed by atoms with Crippen LogP contribution < -0.4 is 14.8 Å². The van der Waals surface area contributed by atoms with Gasteiger partial charge in [0.15, 0.2) is 11.5 Å². The molecule has 0 aliphatic rings. The summed E-state index contributed by atoms with van der Waals surface area (Å²) in [6.45, 7) is 3.52. The molecule has 0 bridgehead atoms. The molecule has 0 spiro atoms. The monoisotopic (exact) mass is 289 g/mol. The van der Waals surface area contributed by atoms with Crippen molar-refractivity contribution in [3.05, 3.63) is 22.7 Å². The molecule has 3 nitrogen and oxygen atoms in total. The lowest BCUT2D eigenvalue weighted by Crippen LogP contribution is -2.07. The Bertz CT molecular complexity index is 374. The quantitative estimate of drug-likeness (QED) is 0.745. The summed E-state index contributed by atoms with van der Waals surface area (Å²) in [5, 5.41) is 3.68. The Kier molecular flexibility index (Phi) is 7.32. The van der Waals surface area contributed by atoms with Crippen LogP contribution in [0.4, 0.5) is 0 Å². The summed E-state index contributed by atoms with van der Waals surface area (Å²) in [4.78, 5) is 0. The summed E-state index contributed by atoms with van der Waals surface area (Å²) >= 11 is 8.06. The van der Waals surface area contributed by atoms with Crippen LogP contribution in [0.2, 0.25) is 5.02 Å². The van der Waals surface area contributed by atoms with Crippen molar-refractivity contribution in [1.82, 2.24) is 5.32 Å². The van der Waals surface area contributed by atoms with E-state index in [1.165, 1.54) is 0 Å². The number of thioether (sulfide) groups is 1. The molecule has 1 N–H and O–H groups in total. The van der Waals surface area contributed by atoms with Crippen molar-refractivity contribution >= 4 is 23.4 Å². The molecule has 0 saturated carbocycles. The Balaban J connectivity index is 2.76. The van der Waals surface area contributed by atoms with Crippen molar-refractivity contribution in [3.8, 4) is 11.5 Å². The number of nitrogens with one attached hydrogen (secondary N) is 1. The van der Waals surface area contributed by atoms with Gasteiger partial charge in [-0.15, -0.1) is 0 Å². The second-order valence-electron chi connectivity index (χ2n) is 3.68. The first-order chi connectivity index (χ1) is 8.72. The van der Waals surface area contributed by atoms with E-state index in [0.29, 0.717) is 23.1 Å². The third-order valence-corrected chi connectivity index (χ3v) is 3.49. The lowest BCUT2D eigenvalue weighted by atomic mass is 10.2. The third kappa shape index (κ3) is 4.59. The molecule has 1 rings (SSSR count). The fraction of sp³-hybridized carbons (Fsp3) is 0.538. The molecule has 102 valence electrons. The van der Waals surface area contributed by atoms with Crippen LogP contribution >= 0.6 is 23.4 Å². The average molecular weight is 290 g/mol. The van der Waals surface area contributed by atoms with Gasteiger partial charge < -0.3 is 14.8 Å². The van der Waals surface area contributed by atoms with Crippen LogP contribution in [0.3, 0.4) is 0 Å². The molecule has 1 aromatic rings. The normalized spacial score (nSPS) is 10.4. The molecular formula is C13H20ClNO2S. The molecule has 0 unspecified atom stereocenters. The molecule has 0 aromatic heterocycles. The second-order valence-corrected chi connectivity index (χ2v) is 5.49. The molecule has 0 aliphatic heterocycles. The lowest BCUT2D eigenvalue weighted by molar-refractivity contribution is 0.313. The first kappa shape index (κ1) is 15.5. The molecule has 0 fully saturated rings. The summed E-state index contributed by atoms with van der Waals surface area (Å²) < 4.78 is 11.0. The maximum Gasteiger partial charge on any atom is 0.179 e. The van der Waals surface area contributed by atoms with Gasteiger partial charge in [-0.3, -0.25) is 0 Å². The molecule has 0 amide bonds. The summed E-state index contributed by atoms with van der Waals surface area (Å²) in [5.74, 6) is 3.37. The maximum absolute atomic E-state index is 6.22. The minimum atomic E-state index is 0.598. The number of hydrogen-bond donors (Lipinski definition) is 1. The molecular weight excluding hydrogens is 270 g/mol. The maximum atomic E-state index is 6.22. The van der Waals surface area contributed by atoms with Gasteiger partial charge in [0, 0.05) is 12.3 Å². The molecule has 0 heterocycles. The van der Waals surface area contributed by atoms with E-state index < -0.39 is 0 Å². The average Bonchev–Trinajstić information content (AvgIpc) is 2.36. The highest BCUT2D eigenvalue weighted by molar-refractivity contribution is 7.99. The minimum absolute atomic E-state index is 0.598. The Morgan fingerprint density at radius 1 is 1.39 bits per heavy atom. The second kappa shape index (κ2) is 8.51. The van der Waals surface area contributed by atoms with Crippen LogP contribution in [0.15, 0.2) is 12.1 Å². The van der Waals surface area contributed by atoms with E-state index in [0.717, 1.165) is 23.6 Å². The minimum Gasteiger partial charge on any atom is -0.493 e. The van der Waals surface area contributed by atoms with Gasteiger partial charge in [0.05, 0.1) is 18.7 Å². The van der Waals surface area contributed by atoms with E-state index in [2.05, 4.69) is 12.2 Å². The van der Waals surface area contributed by atoms with E-state index in [9.17, 15) is 0 Å². The van der Waals surface area contributed by atoms with Gasteiger partial charge in [-0.05, 0) is 30.5 Å². The van der Waals surface area contributed by atoms with Crippen molar-refractivity contribution in [1.29, 1.82) is 0 Å². The Morgan fingerprint density at radius 3 is 2.78 bits per heavy atom. The van der Waals surface area contributed by atoms with Crippen LogP contribution in [-0.4, -0.2) is 32.3 Å². The Hall–Kier alpha value is -0.580. The highest BCUT2D eigenvalue weighted by Crippen LogP contribution is 2.36. The van der Waals surface area contributed by atoms with E-state index in [1.54, 1.807) is 7.11 Å². The van der Waals surface area contributed by atoms with E-state index in [-0.39, 0.29) is 0 Å². The van der Waals surface area contributed by atoms with Gasteiger partial charge in [-0.2, -0.15) is 11.8 Å². The molecule has 18 heavy (non-hydrogen) atoms. The van der Waals surface area contributed by atoms with Gasteiger partial charge in [-0.25, -0.2) is 0 Å². The zero-order chi connectivity index (χ0) is 13.4. The predicted octanol–water partition coefficient (Wildman–Crippen LogP) is 3.20. The highest BCUT2D eigenvalue weighted by atomic mass is 35.5. The van der Waals surface area contributed by atoms with Gasteiger partial charge in [-0.1, -0.05) is 18.5 Å².